The predicted molar refractivity (Wildman–Crippen MR) is 110 cm³/mol. The van der Waals surface area contributed by atoms with Crippen LogP contribution < -0.4 is 10.2 Å². The molecular weight excluding hydrogens is 368 g/mol. The number of carbonyl (C=O) groups excluding carboxylic acids is 2. The van der Waals surface area contributed by atoms with Crippen LogP contribution in [-0.2, 0) is 4.79 Å². The smallest absolute Gasteiger partial charge is 0.255 e. The molecule has 1 aliphatic heterocycles. The van der Waals surface area contributed by atoms with E-state index < -0.39 is 5.41 Å². The van der Waals surface area contributed by atoms with E-state index in [4.69, 9.17) is 0 Å². The van der Waals surface area contributed by atoms with Crippen LogP contribution in [0.15, 0.2) is 30.6 Å². The number of hydrogen-bond acceptors (Lipinski definition) is 6. The molecule has 150 valence electrons. The summed E-state index contributed by atoms with van der Waals surface area (Å²) in [6.07, 6.45) is 4.17. The average Bonchev–Trinajstić information content (AvgIpc) is 3.04. The highest BCUT2D eigenvalue weighted by molar-refractivity contribution is 6.01. The van der Waals surface area contributed by atoms with Gasteiger partial charge in [0, 0.05) is 44.8 Å². The van der Waals surface area contributed by atoms with Crippen molar-refractivity contribution in [3.63, 3.8) is 0 Å². The fourth-order valence-electron chi connectivity index (χ4n) is 3.40. The summed E-state index contributed by atoms with van der Waals surface area (Å²) >= 11 is 0. The van der Waals surface area contributed by atoms with Crippen molar-refractivity contribution in [3.05, 3.63) is 41.7 Å². The molecule has 1 saturated heterocycles. The monoisotopic (exact) mass is 392 g/mol. The molecule has 0 saturated carbocycles. The minimum atomic E-state index is -0.940. The first-order valence-corrected chi connectivity index (χ1v) is 9.46. The fraction of sp³-hybridized carbons (Fsp3) is 0.381. The highest BCUT2D eigenvalue weighted by Gasteiger charge is 2.46. The van der Waals surface area contributed by atoms with Crippen molar-refractivity contribution in [3.8, 4) is 6.07 Å². The van der Waals surface area contributed by atoms with Gasteiger partial charge >= 0.3 is 0 Å². The summed E-state index contributed by atoms with van der Waals surface area (Å²) in [5, 5.41) is 12.6. The van der Waals surface area contributed by atoms with E-state index >= 15 is 0 Å². The molecule has 1 aliphatic rings. The molecule has 8 heteroatoms. The summed E-state index contributed by atoms with van der Waals surface area (Å²) in [5.41, 5.74) is 1.09. The molecule has 2 amide bonds. The summed E-state index contributed by atoms with van der Waals surface area (Å²) in [6, 6.07) is 7.49. The Morgan fingerprint density at radius 3 is 2.66 bits per heavy atom. The zero-order chi connectivity index (χ0) is 21.2. The maximum atomic E-state index is 12.8. The van der Waals surface area contributed by atoms with Gasteiger partial charge in [0.25, 0.3) is 5.91 Å². The lowest BCUT2D eigenvalue weighted by molar-refractivity contribution is -0.123. The van der Waals surface area contributed by atoms with E-state index in [1.54, 1.807) is 43.4 Å². The van der Waals surface area contributed by atoms with Crippen molar-refractivity contribution in [2.24, 2.45) is 5.41 Å². The molecule has 2 aromatic heterocycles. The second kappa shape index (κ2) is 7.87. The van der Waals surface area contributed by atoms with Gasteiger partial charge in [0.05, 0.1) is 11.6 Å². The molecule has 0 aliphatic carbocycles. The summed E-state index contributed by atoms with van der Waals surface area (Å²) in [5.74, 6) is 0.807. The third-order valence-corrected chi connectivity index (χ3v) is 5.29. The van der Waals surface area contributed by atoms with Crippen LogP contribution >= 0.6 is 0 Å². The van der Waals surface area contributed by atoms with Gasteiger partial charge in [0.15, 0.2) is 0 Å². The van der Waals surface area contributed by atoms with Crippen LogP contribution in [0.3, 0.4) is 0 Å². The van der Waals surface area contributed by atoms with Gasteiger partial charge < -0.3 is 15.1 Å². The summed E-state index contributed by atoms with van der Waals surface area (Å²) in [6.45, 7) is 4.22. The molecule has 1 N–H and O–H groups in total. The van der Waals surface area contributed by atoms with Gasteiger partial charge in [-0.3, -0.25) is 9.59 Å². The van der Waals surface area contributed by atoms with Crippen molar-refractivity contribution in [1.29, 1.82) is 5.26 Å². The Bertz CT molecular complexity index is 997. The number of amides is 2. The lowest BCUT2D eigenvalue weighted by Crippen LogP contribution is -2.33. The molecule has 0 spiro atoms. The Labute approximate surface area is 170 Å². The third kappa shape index (κ3) is 3.76. The second-order valence-corrected chi connectivity index (χ2v) is 7.36. The average molecular weight is 392 g/mol. The van der Waals surface area contributed by atoms with Gasteiger partial charge in [-0.25, -0.2) is 9.97 Å². The standard InChI is InChI=1S/C21H24N6O2/c1-5-21(13-22)7-9-27(20(21)29)15-6-8-23-18(11-15)25-17-10-14(2)16(12-24-17)19(28)26(3)4/h6,8,10-12H,5,7,9H2,1-4H3,(H,23,24,25)/t21-/m0/s1. The van der Waals surface area contributed by atoms with Crippen LogP contribution in [0.25, 0.3) is 0 Å². The summed E-state index contributed by atoms with van der Waals surface area (Å²) in [7, 11) is 3.39. The first-order chi connectivity index (χ1) is 13.8. The number of aromatic nitrogens is 2. The van der Waals surface area contributed by atoms with Crippen LogP contribution in [0.5, 0.6) is 0 Å². The molecular formula is C21H24N6O2. The number of aryl methyl sites for hydroxylation is 1. The van der Waals surface area contributed by atoms with E-state index in [1.807, 2.05) is 13.8 Å². The highest BCUT2D eigenvalue weighted by Crippen LogP contribution is 2.37. The number of rotatable bonds is 5. The molecule has 0 radical (unpaired) electrons. The van der Waals surface area contributed by atoms with E-state index in [0.717, 1.165) is 5.56 Å². The summed E-state index contributed by atoms with van der Waals surface area (Å²) < 4.78 is 0. The first-order valence-electron chi connectivity index (χ1n) is 9.46. The lowest BCUT2D eigenvalue weighted by Gasteiger charge is -2.20. The molecule has 0 aromatic carbocycles. The molecule has 1 fully saturated rings. The van der Waals surface area contributed by atoms with E-state index in [-0.39, 0.29) is 11.8 Å². The largest absolute Gasteiger partial charge is 0.345 e. The molecule has 29 heavy (non-hydrogen) atoms. The number of carbonyl (C=O) groups is 2. The zero-order valence-electron chi connectivity index (χ0n) is 17.1. The number of anilines is 3. The van der Waals surface area contributed by atoms with Crippen LogP contribution in [0.4, 0.5) is 17.3 Å². The topological polar surface area (TPSA) is 102 Å². The fourth-order valence-corrected chi connectivity index (χ4v) is 3.40. The Morgan fingerprint density at radius 1 is 1.34 bits per heavy atom. The SMILES string of the molecule is CC[C@@]1(C#N)CCN(c2ccnc(Nc3cc(C)c(C(=O)N(C)C)cn3)c2)C1=O. The van der Waals surface area contributed by atoms with E-state index in [0.29, 0.717) is 42.3 Å². The normalized spacial score (nSPS) is 18.4. The third-order valence-electron chi connectivity index (χ3n) is 5.29. The number of nitrogens with zero attached hydrogens (tertiary/aromatic N) is 5. The van der Waals surface area contributed by atoms with Gasteiger partial charge in [-0.1, -0.05) is 6.92 Å². The Balaban J connectivity index is 1.81. The van der Waals surface area contributed by atoms with Crippen molar-refractivity contribution in [2.45, 2.75) is 26.7 Å². The minimum Gasteiger partial charge on any atom is -0.345 e. The van der Waals surface area contributed by atoms with Crippen LogP contribution in [0.2, 0.25) is 0 Å². The van der Waals surface area contributed by atoms with Gasteiger partial charge in [0.1, 0.15) is 17.1 Å². The van der Waals surface area contributed by atoms with Crippen molar-refractivity contribution in [2.75, 3.05) is 30.9 Å². The maximum Gasteiger partial charge on any atom is 0.255 e. The number of pyridine rings is 2. The van der Waals surface area contributed by atoms with Crippen molar-refractivity contribution in [1.82, 2.24) is 14.9 Å². The van der Waals surface area contributed by atoms with Crippen LogP contribution in [0, 0.1) is 23.7 Å². The van der Waals surface area contributed by atoms with Gasteiger partial charge in [0.2, 0.25) is 5.91 Å². The van der Waals surface area contributed by atoms with E-state index in [9.17, 15) is 14.9 Å². The zero-order valence-corrected chi connectivity index (χ0v) is 17.1. The maximum absolute atomic E-state index is 12.8. The predicted octanol–water partition coefficient (Wildman–Crippen LogP) is 2.89. The molecule has 0 bridgehead atoms. The lowest BCUT2D eigenvalue weighted by atomic mass is 9.85. The Hall–Kier alpha value is -3.47. The van der Waals surface area contributed by atoms with Crippen molar-refractivity contribution >= 4 is 29.1 Å². The van der Waals surface area contributed by atoms with Crippen LogP contribution in [-0.4, -0.2) is 47.3 Å². The van der Waals surface area contributed by atoms with Gasteiger partial charge in [-0.05, 0) is 37.5 Å². The van der Waals surface area contributed by atoms with Crippen molar-refractivity contribution < 1.29 is 9.59 Å². The molecule has 2 aromatic rings. The molecule has 3 heterocycles. The Morgan fingerprint density at radius 2 is 2.07 bits per heavy atom. The van der Waals surface area contributed by atoms with Gasteiger partial charge in [-0.2, -0.15) is 5.26 Å². The Kier molecular flexibility index (Phi) is 5.50. The first kappa shape index (κ1) is 20.3. The number of nitriles is 1. The van der Waals surface area contributed by atoms with E-state index in [1.165, 1.54) is 11.1 Å². The quantitative estimate of drug-likeness (QED) is 0.839. The van der Waals surface area contributed by atoms with Gasteiger partial charge in [-0.15, -0.1) is 0 Å². The highest BCUT2D eigenvalue weighted by atomic mass is 16.2. The molecule has 0 unspecified atom stereocenters. The number of nitrogens with one attached hydrogen (secondary N) is 1. The number of hydrogen-bond donors (Lipinski definition) is 1. The van der Waals surface area contributed by atoms with Crippen LogP contribution in [0.1, 0.15) is 35.7 Å². The minimum absolute atomic E-state index is 0.105. The molecule has 8 nitrogen and oxygen atoms in total. The molecule has 1 atom stereocenters. The molecule has 3 rings (SSSR count). The summed E-state index contributed by atoms with van der Waals surface area (Å²) in [4.78, 5) is 36.7. The van der Waals surface area contributed by atoms with E-state index in [2.05, 4.69) is 21.4 Å². The second-order valence-electron chi connectivity index (χ2n) is 7.36.